The molecule has 0 unspecified atom stereocenters. The van der Waals surface area contributed by atoms with Crippen molar-refractivity contribution in [2.24, 2.45) is 0 Å². The molecule has 88 valence electrons. The molecule has 0 spiro atoms. The van der Waals surface area contributed by atoms with Gasteiger partial charge in [0.2, 0.25) is 0 Å². The van der Waals surface area contributed by atoms with Gasteiger partial charge >= 0.3 is 5.97 Å². The Hall–Kier alpha value is -1.51. The predicted molar refractivity (Wildman–Crippen MR) is 63.0 cm³/mol. The van der Waals surface area contributed by atoms with Gasteiger partial charge in [-0.1, -0.05) is 17.7 Å². The molecule has 0 amide bonds. The number of carbonyl (C=O) groups is 1. The summed E-state index contributed by atoms with van der Waals surface area (Å²) < 4.78 is 5.66. The van der Waals surface area contributed by atoms with E-state index in [1.165, 1.54) is 5.56 Å². The van der Waals surface area contributed by atoms with Gasteiger partial charge < -0.3 is 9.84 Å². The van der Waals surface area contributed by atoms with Crippen molar-refractivity contribution in [3.05, 3.63) is 28.8 Å². The van der Waals surface area contributed by atoms with Crippen molar-refractivity contribution < 1.29 is 14.6 Å². The molecule has 0 fully saturated rings. The number of aryl methyl sites for hydroxylation is 3. The molecular formula is C13H18O3. The highest BCUT2D eigenvalue weighted by molar-refractivity contribution is 5.67. The quantitative estimate of drug-likeness (QED) is 0.852. The van der Waals surface area contributed by atoms with E-state index >= 15 is 0 Å². The van der Waals surface area contributed by atoms with Gasteiger partial charge in [0.05, 0.1) is 6.42 Å². The third-order valence-corrected chi connectivity index (χ3v) is 2.39. The van der Waals surface area contributed by atoms with Crippen molar-refractivity contribution >= 4 is 5.97 Å². The van der Waals surface area contributed by atoms with Crippen LogP contribution in [-0.4, -0.2) is 17.2 Å². The molecule has 3 heteroatoms. The van der Waals surface area contributed by atoms with Crippen molar-refractivity contribution in [1.29, 1.82) is 0 Å². The summed E-state index contributed by atoms with van der Waals surface area (Å²) in [7, 11) is 0. The highest BCUT2D eigenvalue weighted by Crippen LogP contribution is 2.25. The number of carboxylic acids is 1. The van der Waals surface area contributed by atoms with Crippen molar-refractivity contribution in [3.8, 4) is 5.75 Å². The first kappa shape index (κ1) is 12.6. The van der Waals surface area contributed by atoms with E-state index in [1.54, 1.807) is 6.92 Å². The van der Waals surface area contributed by atoms with Crippen LogP contribution in [0, 0.1) is 20.8 Å². The topological polar surface area (TPSA) is 46.5 Å². The molecule has 0 heterocycles. The number of benzene rings is 1. The van der Waals surface area contributed by atoms with Crippen molar-refractivity contribution in [2.75, 3.05) is 0 Å². The molecule has 0 radical (unpaired) electrons. The number of ether oxygens (including phenoxy) is 1. The first-order valence-electron chi connectivity index (χ1n) is 5.36. The van der Waals surface area contributed by atoms with Crippen molar-refractivity contribution in [3.63, 3.8) is 0 Å². The van der Waals surface area contributed by atoms with Crippen LogP contribution in [0.2, 0.25) is 0 Å². The van der Waals surface area contributed by atoms with Gasteiger partial charge in [0.1, 0.15) is 11.9 Å². The summed E-state index contributed by atoms with van der Waals surface area (Å²) in [5, 5.41) is 8.66. The molecule has 0 bridgehead atoms. The maximum Gasteiger partial charge on any atom is 0.307 e. The smallest absolute Gasteiger partial charge is 0.307 e. The molecule has 16 heavy (non-hydrogen) atoms. The molecule has 0 saturated carbocycles. The van der Waals surface area contributed by atoms with Crippen LogP contribution in [0.1, 0.15) is 30.0 Å². The highest BCUT2D eigenvalue weighted by Gasteiger charge is 2.12. The van der Waals surface area contributed by atoms with Crippen LogP contribution >= 0.6 is 0 Å². The van der Waals surface area contributed by atoms with Gasteiger partial charge in [-0.2, -0.15) is 0 Å². The number of aliphatic carboxylic acids is 1. The standard InChI is InChI=1S/C13H18O3/c1-8-5-9(2)13(10(3)6-8)16-11(4)7-12(14)15/h5-6,11H,7H2,1-4H3,(H,14,15)/t11-/m0/s1. The molecule has 3 nitrogen and oxygen atoms in total. The molecule has 0 saturated heterocycles. The van der Waals surface area contributed by atoms with Gasteiger partial charge in [-0.15, -0.1) is 0 Å². The van der Waals surface area contributed by atoms with Crippen LogP contribution in [0.15, 0.2) is 12.1 Å². The molecule has 1 N–H and O–H groups in total. The zero-order chi connectivity index (χ0) is 12.3. The zero-order valence-electron chi connectivity index (χ0n) is 10.2. The molecule has 0 aliphatic rings. The number of hydrogen-bond donors (Lipinski definition) is 1. The van der Waals surface area contributed by atoms with E-state index in [4.69, 9.17) is 9.84 Å². The number of hydrogen-bond acceptors (Lipinski definition) is 2. The molecule has 1 aromatic rings. The average Bonchev–Trinajstić information content (AvgIpc) is 2.09. The van der Waals surface area contributed by atoms with Gasteiger partial charge in [0.15, 0.2) is 0 Å². The largest absolute Gasteiger partial charge is 0.490 e. The lowest BCUT2D eigenvalue weighted by Crippen LogP contribution is -2.17. The van der Waals surface area contributed by atoms with Crippen LogP contribution in [0.3, 0.4) is 0 Å². The SMILES string of the molecule is Cc1cc(C)c(O[C@@H](C)CC(=O)O)c(C)c1. The summed E-state index contributed by atoms with van der Waals surface area (Å²) in [5.74, 6) is -0.0331. The van der Waals surface area contributed by atoms with Gasteiger partial charge in [-0.25, -0.2) is 0 Å². The summed E-state index contributed by atoms with van der Waals surface area (Å²) >= 11 is 0. The van der Waals surface area contributed by atoms with Gasteiger partial charge in [-0.05, 0) is 38.8 Å². The minimum Gasteiger partial charge on any atom is -0.490 e. The normalized spacial score (nSPS) is 12.2. The molecule has 1 rings (SSSR count). The van der Waals surface area contributed by atoms with Crippen LogP contribution in [-0.2, 0) is 4.79 Å². The Balaban J connectivity index is 2.85. The van der Waals surface area contributed by atoms with E-state index < -0.39 is 5.97 Å². The Morgan fingerprint density at radius 1 is 1.31 bits per heavy atom. The molecule has 0 aromatic heterocycles. The minimum atomic E-state index is -0.838. The van der Waals surface area contributed by atoms with Crippen LogP contribution in [0.25, 0.3) is 0 Å². The number of carboxylic acid groups (broad SMARTS) is 1. The summed E-state index contributed by atoms with van der Waals surface area (Å²) in [6.45, 7) is 7.75. The second-order valence-electron chi connectivity index (χ2n) is 4.25. The molecule has 0 aliphatic heterocycles. The lowest BCUT2D eigenvalue weighted by Gasteiger charge is -2.17. The van der Waals surface area contributed by atoms with Crippen molar-refractivity contribution in [1.82, 2.24) is 0 Å². The summed E-state index contributed by atoms with van der Waals surface area (Å²) in [6, 6.07) is 4.08. The van der Waals surface area contributed by atoms with E-state index in [-0.39, 0.29) is 12.5 Å². The summed E-state index contributed by atoms with van der Waals surface area (Å²) in [5.41, 5.74) is 3.29. The second-order valence-corrected chi connectivity index (χ2v) is 4.25. The highest BCUT2D eigenvalue weighted by atomic mass is 16.5. The number of rotatable bonds is 4. The van der Waals surface area contributed by atoms with E-state index in [0.29, 0.717) is 0 Å². The first-order chi connectivity index (χ1) is 7.40. The van der Waals surface area contributed by atoms with Gasteiger partial charge in [0, 0.05) is 0 Å². The molecular weight excluding hydrogens is 204 g/mol. The first-order valence-corrected chi connectivity index (χ1v) is 5.36. The molecule has 1 atom stereocenters. The summed E-state index contributed by atoms with van der Waals surface area (Å²) in [4.78, 5) is 10.5. The lowest BCUT2D eigenvalue weighted by molar-refractivity contribution is -0.138. The molecule has 1 aromatic carbocycles. The fourth-order valence-corrected chi connectivity index (χ4v) is 1.84. The van der Waals surface area contributed by atoms with E-state index in [9.17, 15) is 4.79 Å². The van der Waals surface area contributed by atoms with Gasteiger partial charge in [-0.3, -0.25) is 4.79 Å². The Morgan fingerprint density at radius 3 is 2.25 bits per heavy atom. The van der Waals surface area contributed by atoms with Crippen LogP contribution in [0.5, 0.6) is 5.75 Å². The fourth-order valence-electron chi connectivity index (χ4n) is 1.84. The Labute approximate surface area is 96.1 Å². The predicted octanol–water partition coefficient (Wildman–Crippen LogP) is 2.85. The van der Waals surface area contributed by atoms with Crippen LogP contribution in [0.4, 0.5) is 0 Å². The Kier molecular flexibility index (Phi) is 3.93. The maximum absolute atomic E-state index is 10.5. The average molecular weight is 222 g/mol. The van der Waals surface area contributed by atoms with E-state index in [1.807, 2.05) is 32.9 Å². The summed E-state index contributed by atoms with van der Waals surface area (Å²) in [6.07, 6.45) is -0.287. The monoisotopic (exact) mass is 222 g/mol. The maximum atomic E-state index is 10.5. The van der Waals surface area contributed by atoms with Gasteiger partial charge in [0.25, 0.3) is 0 Å². The lowest BCUT2D eigenvalue weighted by atomic mass is 10.1. The molecule has 0 aliphatic carbocycles. The van der Waals surface area contributed by atoms with Crippen LogP contribution < -0.4 is 4.74 Å². The Morgan fingerprint density at radius 2 is 1.81 bits per heavy atom. The third-order valence-electron chi connectivity index (χ3n) is 2.39. The minimum absolute atomic E-state index is 0.0206. The van der Waals surface area contributed by atoms with E-state index in [2.05, 4.69) is 0 Å². The fraction of sp³-hybridized carbons (Fsp3) is 0.462. The zero-order valence-corrected chi connectivity index (χ0v) is 10.2. The Bertz CT molecular complexity index is 373. The second kappa shape index (κ2) is 5.01. The third kappa shape index (κ3) is 3.26. The van der Waals surface area contributed by atoms with Crippen molar-refractivity contribution in [2.45, 2.75) is 40.2 Å². The van der Waals surface area contributed by atoms with E-state index in [0.717, 1.165) is 16.9 Å².